The Hall–Kier alpha value is -1.60. The molecule has 0 aliphatic carbocycles. The van der Waals surface area contributed by atoms with Gasteiger partial charge in [0.05, 0.1) is 17.3 Å². The summed E-state index contributed by atoms with van der Waals surface area (Å²) >= 11 is 0. The number of methoxy groups -OCH3 is 1. The van der Waals surface area contributed by atoms with E-state index in [1.54, 1.807) is 6.92 Å². The van der Waals surface area contributed by atoms with Crippen LogP contribution in [0.15, 0.2) is 23.1 Å². The van der Waals surface area contributed by atoms with Crippen LogP contribution < -0.4 is 4.74 Å². The lowest BCUT2D eigenvalue weighted by molar-refractivity contribution is -0.139. The van der Waals surface area contributed by atoms with Crippen molar-refractivity contribution in [2.45, 2.75) is 11.8 Å². The van der Waals surface area contributed by atoms with Gasteiger partial charge in [-0.05, 0) is 30.7 Å². The number of aryl methyl sites for hydroxylation is 1. The van der Waals surface area contributed by atoms with E-state index in [0.717, 1.165) is 0 Å². The molecule has 0 saturated carbocycles. The number of benzene rings is 1. The molecule has 0 atom stereocenters. The predicted octanol–water partition coefficient (Wildman–Crippen LogP) is 0.879. The fraction of sp³-hybridized carbons (Fsp3) is 0.417. The molecule has 1 aromatic rings. The van der Waals surface area contributed by atoms with Gasteiger partial charge < -0.3 is 14.6 Å². The largest absolute Gasteiger partial charge is 0.482 e. The van der Waals surface area contributed by atoms with Crippen molar-refractivity contribution in [1.29, 1.82) is 0 Å². The quantitative estimate of drug-likeness (QED) is 0.801. The molecule has 0 bridgehead atoms. The van der Waals surface area contributed by atoms with E-state index in [9.17, 15) is 13.2 Å². The third kappa shape index (κ3) is 4.53. The monoisotopic (exact) mass is 288 g/mol. The molecule has 0 heterocycles. The van der Waals surface area contributed by atoms with Crippen LogP contribution in [0.3, 0.4) is 0 Å². The minimum Gasteiger partial charge on any atom is -0.482 e. The fourth-order valence-corrected chi connectivity index (χ4v) is 2.68. The molecular weight excluding hydrogens is 272 g/mol. The highest BCUT2D eigenvalue weighted by Crippen LogP contribution is 2.22. The Kier molecular flexibility index (Phi) is 5.31. The highest BCUT2D eigenvalue weighted by Gasteiger charge is 2.15. The standard InChI is InChI=1S/C12H16O6S/c1-9-7-10(19(15,16)6-5-17-2)3-4-11(9)18-8-12(13)14/h3-4,7H,5-6,8H2,1-2H3,(H,13,14). The molecule has 0 aliphatic heterocycles. The van der Waals surface area contributed by atoms with Crippen LogP contribution in [0.1, 0.15) is 5.56 Å². The summed E-state index contributed by atoms with van der Waals surface area (Å²) in [6.07, 6.45) is 0. The van der Waals surface area contributed by atoms with Crippen LogP contribution in [-0.2, 0) is 19.4 Å². The molecule has 0 fully saturated rings. The number of carboxylic acid groups (broad SMARTS) is 1. The molecule has 0 spiro atoms. The van der Waals surface area contributed by atoms with Crippen LogP contribution in [0.25, 0.3) is 0 Å². The van der Waals surface area contributed by atoms with E-state index in [0.29, 0.717) is 11.3 Å². The molecule has 0 saturated heterocycles. The highest BCUT2D eigenvalue weighted by atomic mass is 32.2. The van der Waals surface area contributed by atoms with E-state index in [1.807, 2.05) is 0 Å². The second-order valence-electron chi connectivity index (χ2n) is 3.92. The Bertz CT molecular complexity index is 549. The van der Waals surface area contributed by atoms with Crippen LogP contribution in [-0.4, -0.2) is 45.6 Å². The van der Waals surface area contributed by atoms with Gasteiger partial charge in [0.15, 0.2) is 16.4 Å². The normalized spacial score (nSPS) is 11.3. The minimum absolute atomic E-state index is 0.0989. The number of rotatable bonds is 7. The van der Waals surface area contributed by atoms with Gasteiger partial charge in [-0.1, -0.05) is 0 Å². The first-order valence-corrected chi connectivity index (χ1v) is 7.19. The van der Waals surface area contributed by atoms with Crippen molar-refractivity contribution in [3.05, 3.63) is 23.8 Å². The van der Waals surface area contributed by atoms with Crippen LogP contribution in [0, 0.1) is 6.92 Å². The highest BCUT2D eigenvalue weighted by molar-refractivity contribution is 7.91. The maximum atomic E-state index is 11.9. The molecule has 1 N–H and O–H groups in total. The zero-order valence-electron chi connectivity index (χ0n) is 10.8. The molecule has 0 radical (unpaired) electrons. The first-order chi connectivity index (χ1) is 8.86. The van der Waals surface area contributed by atoms with E-state index < -0.39 is 22.4 Å². The van der Waals surface area contributed by atoms with Crippen molar-refractivity contribution in [2.75, 3.05) is 26.1 Å². The first kappa shape index (κ1) is 15.5. The molecular formula is C12H16O6S. The van der Waals surface area contributed by atoms with Gasteiger partial charge in [-0.3, -0.25) is 0 Å². The van der Waals surface area contributed by atoms with E-state index in [4.69, 9.17) is 14.6 Å². The molecule has 1 aromatic carbocycles. The zero-order chi connectivity index (χ0) is 14.5. The zero-order valence-corrected chi connectivity index (χ0v) is 11.6. The molecule has 6 nitrogen and oxygen atoms in total. The second-order valence-corrected chi connectivity index (χ2v) is 6.03. The maximum absolute atomic E-state index is 11.9. The van der Waals surface area contributed by atoms with E-state index in [1.165, 1.54) is 25.3 Å². The Balaban J connectivity index is 2.90. The molecule has 19 heavy (non-hydrogen) atoms. The number of carboxylic acids is 1. The Labute approximate surface area is 111 Å². The summed E-state index contributed by atoms with van der Waals surface area (Å²) in [4.78, 5) is 10.6. The third-order valence-corrected chi connectivity index (χ3v) is 4.09. The van der Waals surface area contributed by atoms with Crippen molar-refractivity contribution in [3.63, 3.8) is 0 Å². The van der Waals surface area contributed by atoms with Gasteiger partial charge in [0.25, 0.3) is 0 Å². The number of carbonyl (C=O) groups is 1. The number of hydrogen-bond donors (Lipinski definition) is 1. The van der Waals surface area contributed by atoms with Crippen molar-refractivity contribution in [1.82, 2.24) is 0 Å². The Morgan fingerprint density at radius 1 is 1.37 bits per heavy atom. The van der Waals surface area contributed by atoms with Crippen molar-refractivity contribution in [3.8, 4) is 5.75 Å². The molecule has 1 rings (SSSR count). The topological polar surface area (TPSA) is 89.9 Å². The van der Waals surface area contributed by atoms with Gasteiger partial charge in [-0.15, -0.1) is 0 Å². The van der Waals surface area contributed by atoms with Gasteiger partial charge in [0, 0.05) is 7.11 Å². The van der Waals surface area contributed by atoms with Crippen molar-refractivity contribution in [2.24, 2.45) is 0 Å². The number of ether oxygens (including phenoxy) is 2. The van der Waals surface area contributed by atoms with Crippen LogP contribution >= 0.6 is 0 Å². The summed E-state index contributed by atoms with van der Waals surface area (Å²) in [6, 6.07) is 4.31. The molecule has 106 valence electrons. The minimum atomic E-state index is -3.39. The van der Waals surface area contributed by atoms with Crippen LogP contribution in [0.2, 0.25) is 0 Å². The lowest BCUT2D eigenvalue weighted by atomic mass is 10.2. The van der Waals surface area contributed by atoms with Gasteiger partial charge in [-0.2, -0.15) is 0 Å². The van der Waals surface area contributed by atoms with E-state index in [2.05, 4.69) is 0 Å². The molecule has 0 aromatic heterocycles. The molecule has 0 amide bonds. The lowest BCUT2D eigenvalue weighted by Gasteiger charge is -2.09. The summed E-state index contributed by atoms with van der Waals surface area (Å²) in [5.41, 5.74) is 0.569. The second kappa shape index (κ2) is 6.53. The predicted molar refractivity (Wildman–Crippen MR) is 68.2 cm³/mol. The number of aliphatic carboxylic acids is 1. The van der Waals surface area contributed by atoms with Crippen LogP contribution in [0.4, 0.5) is 0 Å². The van der Waals surface area contributed by atoms with Crippen molar-refractivity contribution >= 4 is 15.8 Å². The SMILES string of the molecule is COCCS(=O)(=O)c1ccc(OCC(=O)O)c(C)c1. The van der Waals surface area contributed by atoms with Crippen LogP contribution in [0.5, 0.6) is 5.75 Å². The molecule has 0 unspecified atom stereocenters. The van der Waals surface area contributed by atoms with Gasteiger partial charge in [0.1, 0.15) is 5.75 Å². The van der Waals surface area contributed by atoms with E-state index in [-0.39, 0.29) is 17.3 Å². The van der Waals surface area contributed by atoms with Gasteiger partial charge in [-0.25, -0.2) is 13.2 Å². The summed E-state index contributed by atoms with van der Waals surface area (Å²) in [6.45, 7) is 1.32. The van der Waals surface area contributed by atoms with Gasteiger partial charge >= 0.3 is 5.97 Å². The average molecular weight is 288 g/mol. The summed E-state index contributed by atoms with van der Waals surface area (Å²) in [5, 5.41) is 8.51. The average Bonchev–Trinajstić information content (AvgIpc) is 2.34. The summed E-state index contributed by atoms with van der Waals surface area (Å²) in [7, 11) is -1.96. The fourth-order valence-electron chi connectivity index (χ4n) is 1.43. The smallest absolute Gasteiger partial charge is 0.341 e. The number of hydrogen-bond acceptors (Lipinski definition) is 5. The summed E-state index contributed by atoms with van der Waals surface area (Å²) < 4.78 is 33.6. The van der Waals surface area contributed by atoms with Gasteiger partial charge in [0.2, 0.25) is 0 Å². The Morgan fingerprint density at radius 2 is 2.05 bits per heavy atom. The first-order valence-electron chi connectivity index (χ1n) is 5.54. The molecule has 0 aliphatic rings. The van der Waals surface area contributed by atoms with Crippen molar-refractivity contribution < 1.29 is 27.8 Å². The molecule has 7 heteroatoms. The maximum Gasteiger partial charge on any atom is 0.341 e. The summed E-state index contributed by atoms with van der Waals surface area (Å²) in [5.74, 6) is -0.831. The Morgan fingerprint density at radius 3 is 2.58 bits per heavy atom. The third-order valence-electron chi connectivity index (χ3n) is 2.41. The number of sulfone groups is 1. The van der Waals surface area contributed by atoms with E-state index >= 15 is 0 Å². The lowest BCUT2D eigenvalue weighted by Crippen LogP contribution is -2.13.